The Balaban J connectivity index is 2.58. The Morgan fingerprint density at radius 3 is 2.61 bits per heavy atom. The van der Waals surface area contributed by atoms with Crippen molar-refractivity contribution in [1.82, 2.24) is 9.78 Å². The predicted molar refractivity (Wildman–Crippen MR) is 69.6 cm³/mol. The summed E-state index contributed by atoms with van der Waals surface area (Å²) in [5.41, 5.74) is 3.32. The van der Waals surface area contributed by atoms with Crippen LogP contribution in [0.2, 0.25) is 0 Å². The maximum Gasteiger partial charge on any atom is 0.180 e. The topological polar surface area (TPSA) is 44.1 Å². The second-order valence-corrected chi connectivity index (χ2v) is 4.34. The maximum atomic E-state index is 11.4. The molecule has 2 aromatic rings. The van der Waals surface area contributed by atoms with Gasteiger partial charge in [0.25, 0.3) is 0 Å². The smallest absolute Gasteiger partial charge is 0.180 e. The van der Waals surface area contributed by atoms with E-state index in [0.717, 1.165) is 22.6 Å². The number of carbonyl (C=O) groups excluding carboxylic acids is 1. The Bertz CT molecular complexity index is 600. The van der Waals surface area contributed by atoms with Crippen LogP contribution in [0.15, 0.2) is 24.4 Å². The number of hydrogen-bond donors (Lipinski definition) is 0. The van der Waals surface area contributed by atoms with E-state index in [9.17, 15) is 4.79 Å². The number of carbonyl (C=O) groups is 1. The summed E-state index contributed by atoms with van der Waals surface area (Å²) in [4.78, 5) is 11.4. The minimum Gasteiger partial charge on any atom is -0.494 e. The lowest BCUT2D eigenvalue weighted by molar-refractivity contribution is 0.101. The third kappa shape index (κ3) is 2.14. The van der Waals surface area contributed by atoms with E-state index in [0.29, 0.717) is 5.69 Å². The molecule has 0 amide bonds. The fourth-order valence-electron chi connectivity index (χ4n) is 1.91. The van der Waals surface area contributed by atoms with Gasteiger partial charge in [0.1, 0.15) is 17.1 Å². The molecule has 0 fully saturated rings. The number of aromatic nitrogens is 2. The normalized spacial score (nSPS) is 10.4. The van der Waals surface area contributed by atoms with Crippen LogP contribution >= 0.6 is 0 Å². The van der Waals surface area contributed by atoms with Gasteiger partial charge in [-0.3, -0.25) is 4.79 Å². The van der Waals surface area contributed by atoms with Crippen LogP contribution in [0, 0.1) is 13.8 Å². The fraction of sp³-hybridized carbons (Fsp3) is 0.286. The molecule has 0 saturated carbocycles. The van der Waals surface area contributed by atoms with E-state index in [1.807, 2.05) is 38.2 Å². The van der Waals surface area contributed by atoms with Crippen molar-refractivity contribution in [2.24, 2.45) is 0 Å². The molecule has 0 radical (unpaired) electrons. The largest absolute Gasteiger partial charge is 0.494 e. The number of nitrogens with zero attached hydrogens (tertiary/aromatic N) is 2. The average Bonchev–Trinajstić information content (AvgIpc) is 2.71. The van der Waals surface area contributed by atoms with Crippen molar-refractivity contribution in [2.75, 3.05) is 7.11 Å². The zero-order chi connectivity index (χ0) is 13.3. The van der Waals surface area contributed by atoms with E-state index >= 15 is 0 Å². The molecule has 2 rings (SSSR count). The van der Waals surface area contributed by atoms with Crippen LogP contribution < -0.4 is 4.74 Å². The number of hydrogen-bond acceptors (Lipinski definition) is 3. The van der Waals surface area contributed by atoms with Crippen LogP contribution in [-0.2, 0) is 0 Å². The van der Waals surface area contributed by atoms with Gasteiger partial charge in [0.2, 0.25) is 0 Å². The molecular formula is C14H16N2O2. The van der Waals surface area contributed by atoms with E-state index in [1.165, 1.54) is 6.92 Å². The van der Waals surface area contributed by atoms with Gasteiger partial charge in [0.15, 0.2) is 5.78 Å². The molecule has 1 heterocycles. The van der Waals surface area contributed by atoms with Crippen LogP contribution in [0.3, 0.4) is 0 Å². The van der Waals surface area contributed by atoms with Crippen LogP contribution in [-0.4, -0.2) is 22.7 Å². The van der Waals surface area contributed by atoms with Crippen molar-refractivity contribution in [3.8, 4) is 11.4 Å². The van der Waals surface area contributed by atoms with Gasteiger partial charge >= 0.3 is 0 Å². The third-order valence-electron chi connectivity index (χ3n) is 2.81. The number of Topliss-reactive ketones (excluding diaryl/α,β-unsaturated/α-hetero) is 1. The second kappa shape index (κ2) is 4.64. The molecule has 0 aliphatic carbocycles. The van der Waals surface area contributed by atoms with Crippen molar-refractivity contribution in [3.05, 3.63) is 41.2 Å². The summed E-state index contributed by atoms with van der Waals surface area (Å²) < 4.78 is 7.01. The first-order valence-electron chi connectivity index (χ1n) is 5.75. The molecule has 18 heavy (non-hydrogen) atoms. The Kier molecular flexibility index (Phi) is 3.19. The van der Waals surface area contributed by atoms with E-state index in [1.54, 1.807) is 11.8 Å². The summed E-state index contributed by atoms with van der Waals surface area (Å²) in [6.07, 6.45) is 1.84. The van der Waals surface area contributed by atoms with Crippen molar-refractivity contribution in [3.63, 3.8) is 0 Å². The van der Waals surface area contributed by atoms with Gasteiger partial charge in [-0.1, -0.05) is 6.07 Å². The number of aryl methyl sites for hydroxylation is 2. The Hall–Kier alpha value is -2.10. The lowest BCUT2D eigenvalue weighted by Gasteiger charge is -2.09. The molecule has 0 unspecified atom stereocenters. The van der Waals surface area contributed by atoms with Gasteiger partial charge in [-0.25, -0.2) is 4.68 Å². The monoisotopic (exact) mass is 244 g/mol. The zero-order valence-electron chi connectivity index (χ0n) is 11.0. The highest BCUT2D eigenvalue weighted by molar-refractivity contribution is 5.93. The molecule has 1 aromatic heterocycles. The lowest BCUT2D eigenvalue weighted by atomic mass is 10.2. The Morgan fingerprint density at radius 1 is 1.33 bits per heavy atom. The number of ketones is 1. The first-order valence-corrected chi connectivity index (χ1v) is 5.75. The summed E-state index contributed by atoms with van der Waals surface area (Å²) in [6, 6.07) is 5.86. The summed E-state index contributed by atoms with van der Waals surface area (Å²) in [5.74, 6) is 0.705. The number of methoxy groups -OCH3 is 1. The Labute approximate surface area is 106 Å². The number of rotatable bonds is 3. The minimum atomic E-state index is -0.0298. The van der Waals surface area contributed by atoms with Gasteiger partial charge in [0, 0.05) is 13.1 Å². The highest BCUT2D eigenvalue weighted by atomic mass is 16.5. The van der Waals surface area contributed by atoms with E-state index in [2.05, 4.69) is 5.10 Å². The third-order valence-corrected chi connectivity index (χ3v) is 2.81. The predicted octanol–water partition coefficient (Wildman–Crippen LogP) is 2.70. The first kappa shape index (κ1) is 12.4. The van der Waals surface area contributed by atoms with Crippen LogP contribution in [0.4, 0.5) is 0 Å². The highest BCUT2D eigenvalue weighted by Crippen LogP contribution is 2.24. The molecule has 4 heteroatoms. The first-order chi connectivity index (χ1) is 8.52. The quantitative estimate of drug-likeness (QED) is 0.780. The maximum absolute atomic E-state index is 11.4. The molecule has 0 N–H and O–H groups in total. The number of ether oxygens (including phenoxy) is 1. The summed E-state index contributed by atoms with van der Waals surface area (Å²) in [6.45, 7) is 5.40. The summed E-state index contributed by atoms with van der Waals surface area (Å²) >= 11 is 0. The van der Waals surface area contributed by atoms with Gasteiger partial charge in [-0.15, -0.1) is 0 Å². The SMILES string of the molecule is COc1ccc(C)cc1-n1cc(C)c(C(C)=O)n1. The van der Waals surface area contributed by atoms with Crippen LogP contribution in [0.1, 0.15) is 28.5 Å². The van der Waals surface area contributed by atoms with Crippen molar-refractivity contribution in [2.45, 2.75) is 20.8 Å². The van der Waals surface area contributed by atoms with Crippen molar-refractivity contribution in [1.29, 1.82) is 0 Å². The van der Waals surface area contributed by atoms with Gasteiger partial charge in [-0.2, -0.15) is 5.10 Å². The van der Waals surface area contributed by atoms with E-state index in [-0.39, 0.29) is 5.78 Å². The van der Waals surface area contributed by atoms with E-state index < -0.39 is 0 Å². The minimum absolute atomic E-state index is 0.0298. The lowest BCUT2D eigenvalue weighted by Crippen LogP contribution is -2.01. The molecule has 0 atom stereocenters. The highest BCUT2D eigenvalue weighted by Gasteiger charge is 2.13. The molecule has 0 saturated heterocycles. The standard InChI is InChI=1S/C14H16N2O2/c1-9-5-6-13(18-4)12(7-9)16-8-10(2)14(15-16)11(3)17/h5-8H,1-4H3. The fourth-order valence-corrected chi connectivity index (χ4v) is 1.91. The van der Waals surface area contributed by atoms with Crippen molar-refractivity contribution < 1.29 is 9.53 Å². The molecular weight excluding hydrogens is 228 g/mol. The Morgan fingerprint density at radius 2 is 2.06 bits per heavy atom. The van der Waals surface area contributed by atoms with Gasteiger partial charge in [-0.05, 0) is 37.1 Å². The summed E-state index contributed by atoms with van der Waals surface area (Å²) in [5, 5.41) is 4.32. The molecule has 4 nitrogen and oxygen atoms in total. The van der Waals surface area contributed by atoms with E-state index in [4.69, 9.17) is 4.74 Å². The second-order valence-electron chi connectivity index (χ2n) is 4.34. The molecule has 0 spiro atoms. The average molecular weight is 244 g/mol. The number of benzene rings is 1. The van der Waals surface area contributed by atoms with Gasteiger partial charge in [0.05, 0.1) is 7.11 Å². The molecule has 94 valence electrons. The summed E-state index contributed by atoms with van der Waals surface area (Å²) in [7, 11) is 1.62. The van der Waals surface area contributed by atoms with Crippen LogP contribution in [0.5, 0.6) is 5.75 Å². The molecule has 0 aliphatic heterocycles. The van der Waals surface area contributed by atoms with Crippen molar-refractivity contribution >= 4 is 5.78 Å². The molecule has 0 bridgehead atoms. The van der Waals surface area contributed by atoms with Crippen LogP contribution in [0.25, 0.3) is 5.69 Å². The molecule has 1 aromatic carbocycles. The molecule has 0 aliphatic rings. The van der Waals surface area contributed by atoms with Gasteiger partial charge < -0.3 is 4.74 Å². The zero-order valence-corrected chi connectivity index (χ0v) is 11.0.